The quantitative estimate of drug-likeness (QED) is 0.800. The number of nitrogens with zero attached hydrogens (tertiary/aromatic N) is 1. The molecule has 0 amide bonds. The van der Waals surface area contributed by atoms with Crippen LogP contribution in [0.15, 0.2) is 33.2 Å². The van der Waals surface area contributed by atoms with Crippen molar-refractivity contribution in [2.45, 2.75) is 13.5 Å². The molecule has 2 rings (SSSR count). The number of benzene rings is 1. The van der Waals surface area contributed by atoms with Gasteiger partial charge in [-0.1, -0.05) is 0 Å². The van der Waals surface area contributed by atoms with E-state index in [1.165, 1.54) is 16.9 Å². The van der Waals surface area contributed by atoms with E-state index in [0.29, 0.717) is 6.54 Å². The van der Waals surface area contributed by atoms with E-state index in [2.05, 4.69) is 62.3 Å². The van der Waals surface area contributed by atoms with Crippen LogP contribution >= 0.6 is 43.2 Å². The van der Waals surface area contributed by atoms with Crippen LogP contribution in [-0.2, 0) is 6.54 Å². The third-order valence-electron chi connectivity index (χ3n) is 2.40. The van der Waals surface area contributed by atoms with Crippen LogP contribution in [0.4, 0.5) is 5.69 Å². The van der Waals surface area contributed by atoms with Gasteiger partial charge in [-0.2, -0.15) is 5.26 Å². The molecule has 92 valence electrons. The smallest absolute Gasteiger partial charge is 0.110 e. The summed E-state index contributed by atoms with van der Waals surface area (Å²) in [4.78, 5) is 1.89. The summed E-state index contributed by atoms with van der Waals surface area (Å²) in [5.41, 5.74) is 2.23. The Hall–Kier alpha value is -0.830. The average Bonchev–Trinajstić information content (AvgIpc) is 2.75. The number of hydrogen-bond acceptors (Lipinski definition) is 3. The zero-order valence-corrected chi connectivity index (χ0v) is 13.6. The fourth-order valence-electron chi connectivity index (χ4n) is 1.58. The standard InChI is InChI=1S/C13H10Br2N2S/c1-8-4-11(14)13(12(15)5-8)17-7-10-3-2-9(6-16)18-10/h2-5,17H,7H2,1H3. The molecule has 1 heterocycles. The van der Waals surface area contributed by atoms with Gasteiger partial charge in [0.2, 0.25) is 0 Å². The second kappa shape index (κ2) is 5.87. The molecule has 1 N–H and O–H groups in total. The third-order valence-corrected chi connectivity index (χ3v) is 4.64. The van der Waals surface area contributed by atoms with E-state index in [4.69, 9.17) is 5.26 Å². The van der Waals surface area contributed by atoms with Crippen LogP contribution in [0.25, 0.3) is 0 Å². The molecule has 0 fully saturated rings. The zero-order chi connectivity index (χ0) is 13.1. The van der Waals surface area contributed by atoms with Crippen LogP contribution < -0.4 is 5.32 Å². The molecule has 0 bridgehead atoms. The van der Waals surface area contributed by atoms with Gasteiger partial charge in [-0.25, -0.2) is 0 Å². The predicted octanol–water partition coefficient (Wildman–Crippen LogP) is 5.07. The molecule has 18 heavy (non-hydrogen) atoms. The van der Waals surface area contributed by atoms with Gasteiger partial charge in [0, 0.05) is 20.4 Å². The Morgan fingerprint density at radius 3 is 2.50 bits per heavy atom. The van der Waals surface area contributed by atoms with Crippen molar-refractivity contribution in [3.8, 4) is 6.07 Å². The Morgan fingerprint density at radius 2 is 1.94 bits per heavy atom. The molecule has 0 aliphatic heterocycles. The second-order valence-electron chi connectivity index (χ2n) is 3.83. The summed E-state index contributed by atoms with van der Waals surface area (Å²) in [6.45, 7) is 2.77. The van der Waals surface area contributed by atoms with Crippen LogP contribution in [0.2, 0.25) is 0 Å². The summed E-state index contributed by atoms with van der Waals surface area (Å²) in [6, 6.07) is 10.1. The monoisotopic (exact) mass is 384 g/mol. The van der Waals surface area contributed by atoms with E-state index in [1.807, 2.05) is 12.1 Å². The average molecular weight is 386 g/mol. The molecule has 0 aliphatic carbocycles. The molecule has 1 aromatic heterocycles. The van der Waals surface area contributed by atoms with E-state index in [1.54, 1.807) is 0 Å². The summed E-state index contributed by atoms with van der Waals surface area (Å²) in [5, 5.41) is 12.1. The van der Waals surface area contributed by atoms with Crippen molar-refractivity contribution in [2.75, 3.05) is 5.32 Å². The van der Waals surface area contributed by atoms with Gasteiger partial charge in [0.25, 0.3) is 0 Å². The Labute approximate surface area is 127 Å². The summed E-state index contributed by atoms with van der Waals surface area (Å²) in [6.07, 6.45) is 0. The molecular weight excluding hydrogens is 376 g/mol. The topological polar surface area (TPSA) is 35.8 Å². The Bertz CT molecular complexity index is 591. The summed E-state index contributed by atoms with van der Waals surface area (Å²) in [5.74, 6) is 0. The Kier molecular flexibility index (Phi) is 4.44. The zero-order valence-electron chi connectivity index (χ0n) is 9.63. The maximum absolute atomic E-state index is 8.78. The lowest BCUT2D eigenvalue weighted by Crippen LogP contribution is -1.99. The fourth-order valence-corrected chi connectivity index (χ4v) is 4.02. The van der Waals surface area contributed by atoms with E-state index < -0.39 is 0 Å². The molecule has 0 aliphatic rings. The lowest BCUT2D eigenvalue weighted by molar-refractivity contribution is 1.18. The molecule has 0 unspecified atom stereocenters. The van der Waals surface area contributed by atoms with Crippen molar-refractivity contribution >= 4 is 48.9 Å². The minimum Gasteiger partial charge on any atom is -0.378 e. The van der Waals surface area contributed by atoms with Gasteiger partial charge < -0.3 is 5.32 Å². The van der Waals surface area contributed by atoms with Crippen molar-refractivity contribution < 1.29 is 0 Å². The summed E-state index contributed by atoms with van der Waals surface area (Å²) < 4.78 is 2.07. The van der Waals surface area contributed by atoms with Gasteiger partial charge in [-0.3, -0.25) is 0 Å². The molecule has 0 saturated carbocycles. The van der Waals surface area contributed by atoms with Crippen molar-refractivity contribution in [3.05, 3.63) is 48.5 Å². The van der Waals surface area contributed by atoms with Crippen molar-refractivity contribution in [1.29, 1.82) is 5.26 Å². The molecular formula is C13H10Br2N2S. The maximum Gasteiger partial charge on any atom is 0.110 e. The molecule has 5 heteroatoms. The molecule has 0 radical (unpaired) electrons. The SMILES string of the molecule is Cc1cc(Br)c(NCc2ccc(C#N)s2)c(Br)c1. The van der Waals surface area contributed by atoms with Crippen LogP contribution in [0, 0.1) is 18.3 Å². The van der Waals surface area contributed by atoms with Crippen LogP contribution in [-0.4, -0.2) is 0 Å². The molecule has 0 spiro atoms. The van der Waals surface area contributed by atoms with Gasteiger partial charge in [0.1, 0.15) is 10.9 Å². The molecule has 0 atom stereocenters. The van der Waals surface area contributed by atoms with Gasteiger partial charge in [0.05, 0.1) is 5.69 Å². The lowest BCUT2D eigenvalue weighted by Gasteiger charge is -2.10. The number of hydrogen-bond donors (Lipinski definition) is 1. The fraction of sp³-hybridized carbons (Fsp3) is 0.154. The number of nitriles is 1. The van der Waals surface area contributed by atoms with Crippen molar-refractivity contribution in [3.63, 3.8) is 0 Å². The lowest BCUT2D eigenvalue weighted by atomic mass is 10.2. The number of rotatable bonds is 3. The minimum absolute atomic E-state index is 0.715. The van der Waals surface area contributed by atoms with Crippen LogP contribution in [0.3, 0.4) is 0 Å². The van der Waals surface area contributed by atoms with Gasteiger partial charge in [0.15, 0.2) is 0 Å². The maximum atomic E-state index is 8.78. The Morgan fingerprint density at radius 1 is 1.28 bits per heavy atom. The van der Waals surface area contributed by atoms with Gasteiger partial charge in [-0.15, -0.1) is 11.3 Å². The number of nitrogens with one attached hydrogen (secondary N) is 1. The largest absolute Gasteiger partial charge is 0.378 e. The van der Waals surface area contributed by atoms with Crippen molar-refractivity contribution in [2.24, 2.45) is 0 Å². The number of thiophene rings is 1. The highest BCUT2D eigenvalue weighted by Crippen LogP contribution is 2.33. The first-order valence-electron chi connectivity index (χ1n) is 5.28. The first-order chi connectivity index (χ1) is 8.60. The number of aryl methyl sites for hydroxylation is 1. The van der Waals surface area contributed by atoms with Crippen LogP contribution in [0.5, 0.6) is 0 Å². The highest BCUT2D eigenvalue weighted by Gasteiger charge is 2.06. The highest BCUT2D eigenvalue weighted by atomic mass is 79.9. The van der Waals surface area contributed by atoms with Gasteiger partial charge in [-0.05, 0) is 68.6 Å². The van der Waals surface area contributed by atoms with E-state index >= 15 is 0 Å². The van der Waals surface area contributed by atoms with E-state index in [-0.39, 0.29) is 0 Å². The van der Waals surface area contributed by atoms with E-state index in [9.17, 15) is 0 Å². The first-order valence-corrected chi connectivity index (χ1v) is 7.68. The molecule has 1 aromatic carbocycles. The normalized spacial score (nSPS) is 10.1. The second-order valence-corrected chi connectivity index (χ2v) is 6.71. The number of halogens is 2. The summed E-state index contributed by atoms with van der Waals surface area (Å²) >= 11 is 8.61. The van der Waals surface area contributed by atoms with Gasteiger partial charge >= 0.3 is 0 Å². The van der Waals surface area contributed by atoms with E-state index in [0.717, 1.165) is 24.4 Å². The minimum atomic E-state index is 0.715. The molecule has 2 aromatic rings. The molecule has 0 saturated heterocycles. The van der Waals surface area contributed by atoms with Crippen molar-refractivity contribution in [1.82, 2.24) is 0 Å². The highest BCUT2D eigenvalue weighted by molar-refractivity contribution is 9.11. The first kappa shape index (κ1) is 13.6. The Balaban J connectivity index is 2.13. The summed E-state index contributed by atoms with van der Waals surface area (Å²) in [7, 11) is 0. The number of anilines is 1. The third kappa shape index (κ3) is 3.14. The molecule has 2 nitrogen and oxygen atoms in total. The van der Waals surface area contributed by atoms with Crippen LogP contribution in [0.1, 0.15) is 15.3 Å². The predicted molar refractivity (Wildman–Crippen MR) is 82.9 cm³/mol.